The van der Waals surface area contributed by atoms with Gasteiger partial charge in [-0.3, -0.25) is 4.90 Å². The molecule has 94 valence electrons. The van der Waals surface area contributed by atoms with Gasteiger partial charge in [0.2, 0.25) is 0 Å². The summed E-state index contributed by atoms with van der Waals surface area (Å²) in [6, 6.07) is 8.39. The number of benzene rings is 1. The molecule has 0 aromatic heterocycles. The number of nitrogen functional groups attached to an aromatic ring is 1. The first-order valence-electron chi connectivity index (χ1n) is 6.57. The number of nitrogens with two attached hydrogens (primary N) is 1. The van der Waals surface area contributed by atoms with E-state index in [4.69, 9.17) is 5.73 Å². The highest BCUT2D eigenvalue weighted by Crippen LogP contribution is 2.31. The van der Waals surface area contributed by atoms with E-state index in [0.29, 0.717) is 11.5 Å². The molecule has 0 amide bonds. The second kappa shape index (κ2) is 4.69. The van der Waals surface area contributed by atoms with Gasteiger partial charge in [0.1, 0.15) is 0 Å². The molecule has 0 saturated carbocycles. The van der Waals surface area contributed by atoms with Crippen molar-refractivity contribution in [2.75, 3.05) is 18.8 Å². The van der Waals surface area contributed by atoms with Crippen molar-refractivity contribution in [3.05, 3.63) is 29.8 Å². The van der Waals surface area contributed by atoms with Gasteiger partial charge < -0.3 is 5.73 Å². The van der Waals surface area contributed by atoms with Gasteiger partial charge in [0.25, 0.3) is 0 Å². The molecule has 1 fully saturated rings. The maximum absolute atomic E-state index is 5.85. The van der Waals surface area contributed by atoms with Gasteiger partial charge in [-0.15, -0.1) is 0 Å². The first-order chi connectivity index (χ1) is 7.97. The topological polar surface area (TPSA) is 29.3 Å². The van der Waals surface area contributed by atoms with E-state index >= 15 is 0 Å². The number of piperidine rings is 1. The van der Waals surface area contributed by atoms with Gasteiger partial charge in [-0.05, 0) is 70.3 Å². The minimum atomic E-state index is 0.306. The van der Waals surface area contributed by atoms with Crippen LogP contribution in [0.15, 0.2) is 24.3 Å². The third-order valence-corrected chi connectivity index (χ3v) is 3.83. The van der Waals surface area contributed by atoms with Crippen molar-refractivity contribution in [3.63, 3.8) is 0 Å². The molecule has 0 spiro atoms. The van der Waals surface area contributed by atoms with Crippen LogP contribution in [-0.2, 0) is 0 Å². The quantitative estimate of drug-likeness (QED) is 0.753. The maximum Gasteiger partial charge on any atom is 0.0316 e. The lowest BCUT2D eigenvalue weighted by Gasteiger charge is -2.41. The number of rotatable bonds is 1. The lowest BCUT2D eigenvalue weighted by atomic mass is 9.87. The van der Waals surface area contributed by atoms with E-state index in [9.17, 15) is 0 Å². The minimum absolute atomic E-state index is 0.306. The maximum atomic E-state index is 5.85. The van der Waals surface area contributed by atoms with E-state index in [1.54, 1.807) is 0 Å². The Morgan fingerprint density at radius 3 is 2.35 bits per heavy atom. The smallest absolute Gasteiger partial charge is 0.0316 e. The molecule has 2 heteroatoms. The Morgan fingerprint density at radius 1 is 1.18 bits per heavy atom. The van der Waals surface area contributed by atoms with Crippen LogP contribution in [0.1, 0.15) is 45.1 Å². The number of hydrogen-bond acceptors (Lipinski definition) is 2. The lowest BCUT2D eigenvalue weighted by Crippen LogP contribution is -2.45. The molecule has 1 aliphatic heterocycles. The second-order valence-corrected chi connectivity index (χ2v) is 6.10. The van der Waals surface area contributed by atoms with Crippen molar-refractivity contribution in [1.29, 1.82) is 0 Å². The highest BCUT2D eigenvalue weighted by Gasteiger charge is 2.27. The van der Waals surface area contributed by atoms with Crippen LogP contribution in [0.2, 0.25) is 0 Å². The van der Waals surface area contributed by atoms with Crippen LogP contribution in [0, 0.1) is 0 Å². The van der Waals surface area contributed by atoms with Crippen molar-refractivity contribution in [2.45, 2.75) is 45.1 Å². The number of anilines is 1. The van der Waals surface area contributed by atoms with Crippen LogP contribution in [0.25, 0.3) is 0 Å². The Morgan fingerprint density at radius 2 is 1.82 bits per heavy atom. The van der Waals surface area contributed by atoms with E-state index in [2.05, 4.69) is 43.9 Å². The molecule has 1 saturated heterocycles. The normalized spacial score (nSPS) is 19.5. The number of hydrogen-bond donors (Lipinski definition) is 1. The Labute approximate surface area is 105 Å². The van der Waals surface area contributed by atoms with E-state index in [0.717, 1.165) is 5.69 Å². The van der Waals surface area contributed by atoms with Gasteiger partial charge in [0, 0.05) is 11.2 Å². The van der Waals surface area contributed by atoms with Crippen LogP contribution in [-0.4, -0.2) is 23.5 Å². The highest BCUT2D eigenvalue weighted by molar-refractivity contribution is 5.41. The van der Waals surface area contributed by atoms with E-state index < -0.39 is 0 Å². The zero-order valence-electron chi connectivity index (χ0n) is 11.2. The van der Waals surface area contributed by atoms with E-state index in [1.807, 2.05) is 6.07 Å². The summed E-state index contributed by atoms with van der Waals surface area (Å²) in [5.74, 6) is 0.692. The third-order valence-electron chi connectivity index (χ3n) is 3.83. The summed E-state index contributed by atoms with van der Waals surface area (Å²) in [7, 11) is 0. The summed E-state index contributed by atoms with van der Waals surface area (Å²) in [6.07, 6.45) is 2.50. The Kier molecular flexibility index (Phi) is 3.43. The summed E-state index contributed by atoms with van der Waals surface area (Å²) < 4.78 is 0. The first-order valence-corrected chi connectivity index (χ1v) is 6.57. The van der Waals surface area contributed by atoms with Crippen LogP contribution < -0.4 is 5.73 Å². The van der Waals surface area contributed by atoms with Gasteiger partial charge >= 0.3 is 0 Å². The second-order valence-electron chi connectivity index (χ2n) is 6.10. The number of nitrogens with zero attached hydrogens (tertiary/aromatic N) is 1. The molecule has 0 aliphatic carbocycles. The van der Waals surface area contributed by atoms with Gasteiger partial charge in [0.05, 0.1) is 0 Å². The van der Waals surface area contributed by atoms with Gasteiger partial charge in [-0.2, -0.15) is 0 Å². The number of likely N-dealkylation sites (tertiary alicyclic amines) is 1. The van der Waals surface area contributed by atoms with Crippen molar-refractivity contribution in [2.24, 2.45) is 0 Å². The molecule has 0 atom stereocenters. The average Bonchev–Trinajstić information content (AvgIpc) is 2.28. The predicted octanol–water partition coefficient (Wildman–Crippen LogP) is 3.25. The van der Waals surface area contributed by atoms with Gasteiger partial charge in [-0.25, -0.2) is 0 Å². The first kappa shape index (κ1) is 12.4. The van der Waals surface area contributed by atoms with Crippen molar-refractivity contribution < 1.29 is 0 Å². The molecule has 0 bridgehead atoms. The molecule has 0 radical (unpaired) electrons. The van der Waals surface area contributed by atoms with Crippen molar-refractivity contribution in [3.8, 4) is 0 Å². The molecule has 1 aromatic rings. The summed E-state index contributed by atoms with van der Waals surface area (Å²) >= 11 is 0. The summed E-state index contributed by atoms with van der Waals surface area (Å²) in [5, 5.41) is 0. The molecule has 2 nitrogen and oxygen atoms in total. The Bertz CT molecular complexity index is 371. The standard InChI is InChI=1S/C15H24N2/c1-15(2,3)17-9-7-12(8-10-17)13-5-4-6-14(16)11-13/h4-6,11-12H,7-10,16H2,1-3H3. The van der Waals surface area contributed by atoms with Crippen LogP contribution in [0.4, 0.5) is 5.69 Å². The van der Waals surface area contributed by atoms with Crippen LogP contribution >= 0.6 is 0 Å². The average molecular weight is 232 g/mol. The van der Waals surface area contributed by atoms with E-state index in [1.165, 1.54) is 31.5 Å². The predicted molar refractivity (Wildman–Crippen MR) is 74.2 cm³/mol. The highest BCUT2D eigenvalue weighted by atomic mass is 15.2. The molecule has 2 rings (SSSR count). The summed E-state index contributed by atoms with van der Waals surface area (Å²) in [6.45, 7) is 9.29. The summed E-state index contributed by atoms with van der Waals surface area (Å²) in [5.41, 5.74) is 8.46. The van der Waals surface area contributed by atoms with Gasteiger partial charge in [0.15, 0.2) is 0 Å². The zero-order valence-corrected chi connectivity index (χ0v) is 11.2. The van der Waals surface area contributed by atoms with Crippen LogP contribution in [0.3, 0.4) is 0 Å². The third kappa shape index (κ3) is 3.01. The Balaban J connectivity index is 2.00. The Hall–Kier alpha value is -1.02. The fourth-order valence-electron chi connectivity index (χ4n) is 2.70. The molecule has 1 aliphatic rings. The minimum Gasteiger partial charge on any atom is -0.399 e. The summed E-state index contributed by atoms with van der Waals surface area (Å²) in [4.78, 5) is 2.58. The zero-order chi connectivity index (χ0) is 12.5. The fraction of sp³-hybridized carbons (Fsp3) is 0.600. The SMILES string of the molecule is CC(C)(C)N1CCC(c2cccc(N)c2)CC1. The molecule has 17 heavy (non-hydrogen) atoms. The molecule has 0 unspecified atom stereocenters. The van der Waals surface area contributed by atoms with Crippen LogP contribution in [0.5, 0.6) is 0 Å². The largest absolute Gasteiger partial charge is 0.399 e. The molecule has 2 N–H and O–H groups in total. The van der Waals surface area contributed by atoms with Crippen molar-refractivity contribution in [1.82, 2.24) is 4.90 Å². The van der Waals surface area contributed by atoms with E-state index in [-0.39, 0.29) is 0 Å². The molecular weight excluding hydrogens is 208 g/mol. The molecule has 1 heterocycles. The molecule has 1 aromatic carbocycles. The van der Waals surface area contributed by atoms with Crippen molar-refractivity contribution >= 4 is 5.69 Å². The molecular formula is C15H24N2. The fourth-order valence-corrected chi connectivity index (χ4v) is 2.70. The van der Waals surface area contributed by atoms with Gasteiger partial charge in [-0.1, -0.05) is 12.1 Å². The lowest BCUT2D eigenvalue weighted by molar-refractivity contribution is 0.102. The monoisotopic (exact) mass is 232 g/mol.